The number of hydrogen-bond donors (Lipinski definition) is 1. The molecule has 1 aromatic carbocycles. The van der Waals surface area contributed by atoms with Crippen LogP contribution in [0.15, 0.2) is 30.3 Å². The van der Waals surface area contributed by atoms with Gasteiger partial charge in [-0.2, -0.15) is 0 Å². The summed E-state index contributed by atoms with van der Waals surface area (Å²) >= 11 is 0. The molecule has 0 unspecified atom stereocenters. The first-order chi connectivity index (χ1) is 3.39. The summed E-state index contributed by atoms with van der Waals surface area (Å²) in [6, 6.07) is 8.71. The molecule has 0 atom stereocenters. The summed E-state index contributed by atoms with van der Waals surface area (Å²) in [4.78, 5) is 0. The van der Waals surface area contributed by atoms with E-state index in [2.05, 4.69) is 0 Å². The van der Waals surface area contributed by atoms with Gasteiger partial charge in [0.25, 0.3) is 0 Å². The van der Waals surface area contributed by atoms with Crippen molar-refractivity contribution in [2.45, 2.75) is 0 Å². The molecule has 0 amide bonds. The predicted molar refractivity (Wildman–Crippen MR) is 33.9 cm³/mol. The molecule has 1 aromatic rings. The average Bonchev–Trinajstić information content (AvgIpc) is 1.69. The van der Waals surface area contributed by atoms with Gasteiger partial charge in [-0.1, -0.05) is 18.2 Å². The van der Waals surface area contributed by atoms with Gasteiger partial charge in [0, 0.05) is 0 Å². The number of rotatable bonds is 0. The van der Waals surface area contributed by atoms with E-state index < -0.39 is 0 Å². The molecule has 1 nitrogen and oxygen atoms in total. The molecule has 0 saturated heterocycles. The average molecular weight is 134 g/mol. The predicted octanol–water partition coefficient (Wildman–Crippen LogP) is 1.01. The van der Waals surface area contributed by atoms with E-state index in [4.69, 9.17) is 5.11 Å². The van der Waals surface area contributed by atoms with Gasteiger partial charge in [-0.15, -0.1) is 0 Å². The molecule has 0 bridgehead atoms. The fourth-order valence-corrected chi connectivity index (χ4v) is 0.428. The molecular formula is C6H6CaO+2. The van der Waals surface area contributed by atoms with Crippen molar-refractivity contribution >= 4 is 37.7 Å². The maximum Gasteiger partial charge on any atom is 2.00 e. The van der Waals surface area contributed by atoms with Crippen LogP contribution in [0.25, 0.3) is 0 Å². The third kappa shape index (κ3) is 2.55. The van der Waals surface area contributed by atoms with Crippen LogP contribution in [0.2, 0.25) is 0 Å². The molecule has 1 N–H and O–H groups in total. The van der Waals surface area contributed by atoms with Crippen LogP contribution in [0.1, 0.15) is 0 Å². The largest absolute Gasteiger partial charge is 2.00 e. The molecule has 0 aliphatic carbocycles. The molecule has 0 aliphatic rings. The van der Waals surface area contributed by atoms with Crippen LogP contribution in [0, 0.1) is 0 Å². The Kier molecular flexibility index (Phi) is 4.33. The maximum atomic E-state index is 8.63. The topological polar surface area (TPSA) is 20.2 Å². The molecule has 2 heteroatoms. The fourth-order valence-electron chi connectivity index (χ4n) is 0.428. The number of phenols is 1. The van der Waals surface area contributed by atoms with Gasteiger partial charge in [-0.3, -0.25) is 0 Å². The molecule has 0 heterocycles. The van der Waals surface area contributed by atoms with E-state index in [1.54, 1.807) is 24.3 Å². The van der Waals surface area contributed by atoms with Crippen LogP contribution >= 0.6 is 0 Å². The monoisotopic (exact) mass is 134 g/mol. The normalized spacial score (nSPS) is 7.50. The van der Waals surface area contributed by atoms with Gasteiger partial charge in [0.1, 0.15) is 5.75 Å². The van der Waals surface area contributed by atoms with Crippen molar-refractivity contribution in [3.63, 3.8) is 0 Å². The van der Waals surface area contributed by atoms with E-state index in [0.29, 0.717) is 5.75 Å². The molecular weight excluding hydrogens is 128 g/mol. The van der Waals surface area contributed by atoms with Crippen LogP contribution in [-0.2, 0) is 0 Å². The second-order valence-corrected chi connectivity index (χ2v) is 1.34. The van der Waals surface area contributed by atoms with E-state index in [1.807, 2.05) is 6.07 Å². The molecule has 36 valence electrons. The Hall–Kier alpha value is 0.280. The van der Waals surface area contributed by atoms with E-state index in [9.17, 15) is 0 Å². The number of phenolic OH excluding ortho intramolecular Hbond substituents is 1. The van der Waals surface area contributed by atoms with Crippen molar-refractivity contribution in [1.82, 2.24) is 0 Å². The van der Waals surface area contributed by atoms with Gasteiger partial charge >= 0.3 is 37.7 Å². The standard InChI is InChI=1S/C6H6O.Ca/c7-6-4-2-1-3-5-6;/h1-5,7H;/q;+2. The molecule has 0 aromatic heterocycles. The van der Waals surface area contributed by atoms with Gasteiger partial charge < -0.3 is 5.11 Å². The molecule has 0 fully saturated rings. The van der Waals surface area contributed by atoms with Crippen LogP contribution in [0.5, 0.6) is 5.75 Å². The summed E-state index contributed by atoms with van der Waals surface area (Å²) < 4.78 is 0. The van der Waals surface area contributed by atoms with Gasteiger partial charge in [0.2, 0.25) is 0 Å². The smallest absolute Gasteiger partial charge is 0.508 e. The molecule has 1 rings (SSSR count). The van der Waals surface area contributed by atoms with E-state index in [-0.39, 0.29) is 37.7 Å². The number of para-hydroxylation sites is 1. The zero-order valence-electron chi connectivity index (χ0n) is 4.54. The van der Waals surface area contributed by atoms with Crippen LogP contribution in [0.3, 0.4) is 0 Å². The Labute approximate surface area is 78.3 Å². The van der Waals surface area contributed by atoms with Crippen molar-refractivity contribution in [3.05, 3.63) is 30.3 Å². The Morgan fingerprint density at radius 2 is 1.50 bits per heavy atom. The second kappa shape index (κ2) is 4.19. The van der Waals surface area contributed by atoms with Crippen molar-refractivity contribution in [3.8, 4) is 5.75 Å². The maximum absolute atomic E-state index is 8.63. The SMILES string of the molecule is Oc1ccccc1.[Ca+2]. The number of aromatic hydroxyl groups is 1. The first-order valence-electron chi connectivity index (χ1n) is 2.13. The van der Waals surface area contributed by atoms with Crippen molar-refractivity contribution < 1.29 is 5.11 Å². The second-order valence-electron chi connectivity index (χ2n) is 1.34. The minimum atomic E-state index is 0. The Balaban J connectivity index is 0.000000490. The third-order valence-electron chi connectivity index (χ3n) is 0.756. The summed E-state index contributed by atoms with van der Waals surface area (Å²) in [7, 11) is 0. The molecule has 8 heavy (non-hydrogen) atoms. The minimum absolute atomic E-state index is 0. The van der Waals surface area contributed by atoms with Crippen molar-refractivity contribution in [2.24, 2.45) is 0 Å². The van der Waals surface area contributed by atoms with Gasteiger partial charge in [0.15, 0.2) is 0 Å². The van der Waals surface area contributed by atoms with Crippen molar-refractivity contribution in [1.29, 1.82) is 0 Å². The van der Waals surface area contributed by atoms with E-state index in [1.165, 1.54) is 0 Å². The summed E-state index contributed by atoms with van der Waals surface area (Å²) in [6.45, 7) is 0. The molecule has 0 spiro atoms. The first kappa shape index (κ1) is 8.28. The Bertz CT molecular complexity index is 138. The van der Waals surface area contributed by atoms with E-state index in [0.717, 1.165) is 0 Å². The summed E-state index contributed by atoms with van der Waals surface area (Å²) in [5.41, 5.74) is 0. The summed E-state index contributed by atoms with van der Waals surface area (Å²) in [6.07, 6.45) is 0. The zero-order chi connectivity index (χ0) is 5.11. The summed E-state index contributed by atoms with van der Waals surface area (Å²) in [5.74, 6) is 0.322. The zero-order valence-corrected chi connectivity index (χ0v) is 6.75. The fraction of sp³-hybridized carbons (Fsp3) is 0. The van der Waals surface area contributed by atoms with Gasteiger partial charge in [0.05, 0.1) is 0 Å². The Morgan fingerprint density at radius 1 is 1.00 bits per heavy atom. The minimum Gasteiger partial charge on any atom is -0.508 e. The van der Waals surface area contributed by atoms with Gasteiger partial charge in [-0.25, -0.2) is 0 Å². The molecule has 0 saturated carbocycles. The van der Waals surface area contributed by atoms with E-state index >= 15 is 0 Å². The Morgan fingerprint density at radius 3 is 1.75 bits per heavy atom. The number of benzene rings is 1. The summed E-state index contributed by atoms with van der Waals surface area (Å²) in [5, 5.41) is 8.63. The van der Waals surface area contributed by atoms with Crippen LogP contribution < -0.4 is 0 Å². The van der Waals surface area contributed by atoms with Crippen LogP contribution in [0.4, 0.5) is 0 Å². The van der Waals surface area contributed by atoms with Crippen molar-refractivity contribution in [2.75, 3.05) is 0 Å². The number of hydrogen-bond acceptors (Lipinski definition) is 1. The molecule has 0 aliphatic heterocycles. The third-order valence-corrected chi connectivity index (χ3v) is 0.756. The first-order valence-corrected chi connectivity index (χ1v) is 2.13. The van der Waals surface area contributed by atoms with Gasteiger partial charge in [-0.05, 0) is 12.1 Å². The molecule has 0 radical (unpaired) electrons. The van der Waals surface area contributed by atoms with Crippen LogP contribution in [-0.4, -0.2) is 42.8 Å². The quantitative estimate of drug-likeness (QED) is 0.525.